The van der Waals surface area contributed by atoms with Gasteiger partial charge in [-0.15, -0.1) is 0 Å². The summed E-state index contributed by atoms with van der Waals surface area (Å²) >= 11 is 0. The molecule has 0 fully saturated rings. The number of unbranched alkanes of at least 4 members (excludes halogenated alkanes) is 54. The van der Waals surface area contributed by atoms with Crippen molar-refractivity contribution in [3.63, 3.8) is 0 Å². The van der Waals surface area contributed by atoms with Crippen LogP contribution in [0, 0.1) is 0 Å². The van der Waals surface area contributed by atoms with Gasteiger partial charge in [0.05, 0.1) is 25.4 Å². The molecule has 0 aromatic heterocycles. The molecule has 0 rings (SSSR count). The minimum atomic E-state index is -0.668. The van der Waals surface area contributed by atoms with Crippen LogP contribution in [0.15, 0.2) is 36.5 Å². The number of hydrogen-bond donors (Lipinski definition) is 3. The van der Waals surface area contributed by atoms with Crippen molar-refractivity contribution in [2.75, 3.05) is 13.2 Å². The van der Waals surface area contributed by atoms with E-state index in [-0.39, 0.29) is 18.5 Å². The number of aliphatic hydroxyl groups is 2. The molecule has 0 spiro atoms. The molecule has 0 aliphatic rings. The molecule has 0 heterocycles. The standard InChI is InChI=1S/C77H147NO5/c1-3-5-7-9-11-13-15-17-19-21-23-24-30-34-37-41-45-49-53-57-61-65-69-75(80)74(73-79)78-76(81)70-66-62-58-54-50-46-42-38-35-31-28-26-25-27-29-32-36-40-44-48-52-56-60-64-68-72-83-77(82)71-67-63-59-55-51-47-43-39-33-22-20-18-16-14-12-10-8-6-4-2/h12,14,18,20,26,28,74-75,79-80H,3-11,13,15-17,19,21-25,27,29-73H2,1-2H3,(H,78,81)/b14-12-,20-18-,28-26-. The van der Waals surface area contributed by atoms with E-state index in [2.05, 4.69) is 55.6 Å². The molecule has 0 saturated heterocycles. The Kier molecular flexibility index (Phi) is 70.9. The van der Waals surface area contributed by atoms with Gasteiger partial charge in [0.25, 0.3) is 0 Å². The number of nitrogens with one attached hydrogen (secondary N) is 1. The lowest BCUT2D eigenvalue weighted by Crippen LogP contribution is -2.45. The molecule has 2 atom stereocenters. The summed E-state index contributed by atoms with van der Waals surface area (Å²) in [5.41, 5.74) is 0. The second-order valence-electron chi connectivity index (χ2n) is 26.0. The largest absolute Gasteiger partial charge is 0.466 e. The van der Waals surface area contributed by atoms with Crippen molar-refractivity contribution in [3.05, 3.63) is 36.5 Å². The maximum atomic E-state index is 12.6. The van der Waals surface area contributed by atoms with E-state index in [1.54, 1.807) is 0 Å². The molecular weight excluding hydrogens is 1020 g/mol. The maximum absolute atomic E-state index is 12.6. The molecule has 2 unspecified atom stereocenters. The summed E-state index contributed by atoms with van der Waals surface area (Å²) in [6.45, 7) is 4.97. The van der Waals surface area contributed by atoms with E-state index < -0.39 is 12.1 Å². The van der Waals surface area contributed by atoms with Gasteiger partial charge in [-0.2, -0.15) is 0 Å². The lowest BCUT2D eigenvalue weighted by Gasteiger charge is -2.22. The first kappa shape index (κ1) is 81.1. The number of amides is 1. The molecule has 0 aliphatic heterocycles. The first-order valence-electron chi connectivity index (χ1n) is 37.7. The molecule has 490 valence electrons. The lowest BCUT2D eigenvalue weighted by atomic mass is 10.0. The number of ether oxygens (including phenoxy) is 1. The van der Waals surface area contributed by atoms with Crippen LogP contribution in [-0.2, 0) is 14.3 Å². The van der Waals surface area contributed by atoms with Crippen LogP contribution in [-0.4, -0.2) is 47.4 Å². The molecule has 0 aliphatic carbocycles. The number of aliphatic hydroxyl groups excluding tert-OH is 2. The third kappa shape index (κ3) is 69.1. The maximum Gasteiger partial charge on any atom is 0.305 e. The van der Waals surface area contributed by atoms with E-state index in [9.17, 15) is 19.8 Å². The second kappa shape index (κ2) is 72.6. The van der Waals surface area contributed by atoms with Crippen molar-refractivity contribution in [1.82, 2.24) is 5.32 Å². The highest BCUT2D eigenvalue weighted by Gasteiger charge is 2.20. The van der Waals surface area contributed by atoms with E-state index >= 15 is 0 Å². The number of hydrogen-bond acceptors (Lipinski definition) is 5. The smallest absolute Gasteiger partial charge is 0.305 e. The topological polar surface area (TPSA) is 95.9 Å². The molecule has 0 aromatic rings. The van der Waals surface area contributed by atoms with Gasteiger partial charge in [0.2, 0.25) is 5.91 Å². The molecule has 0 saturated carbocycles. The van der Waals surface area contributed by atoms with Gasteiger partial charge in [-0.1, -0.05) is 359 Å². The fraction of sp³-hybridized carbons (Fsp3) is 0.896. The quantitative estimate of drug-likeness (QED) is 0.0320. The van der Waals surface area contributed by atoms with Crippen molar-refractivity contribution < 1.29 is 24.5 Å². The number of rotatable bonds is 71. The highest BCUT2D eigenvalue weighted by atomic mass is 16.5. The van der Waals surface area contributed by atoms with E-state index in [1.807, 2.05) is 0 Å². The predicted octanol–water partition coefficient (Wildman–Crippen LogP) is 24.7. The normalized spacial score (nSPS) is 12.7. The van der Waals surface area contributed by atoms with Crippen LogP contribution in [0.3, 0.4) is 0 Å². The van der Waals surface area contributed by atoms with Crippen LogP contribution in [0.2, 0.25) is 0 Å². The van der Waals surface area contributed by atoms with E-state index in [4.69, 9.17) is 4.74 Å². The van der Waals surface area contributed by atoms with Crippen molar-refractivity contribution in [1.29, 1.82) is 0 Å². The first-order chi connectivity index (χ1) is 41.0. The highest BCUT2D eigenvalue weighted by Crippen LogP contribution is 2.19. The zero-order valence-corrected chi connectivity index (χ0v) is 56.2. The van der Waals surface area contributed by atoms with Crippen molar-refractivity contribution in [2.45, 2.75) is 431 Å². The molecule has 3 N–H and O–H groups in total. The highest BCUT2D eigenvalue weighted by molar-refractivity contribution is 5.76. The molecular formula is C77H147NO5. The summed E-state index contributed by atoms with van der Waals surface area (Å²) in [5, 5.41) is 23.4. The van der Waals surface area contributed by atoms with Crippen LogP contribution < -0.4 is 5.32 Å². The van der Waals surface area contributed by atoms with Gasteiger partial charge in [0.1, 0.15) is 0 Å². The molecule has 0 bridgehead atoms. The van der Waals surface area contributed by atoms with E-state index in [0.717, 1.165) is 51.4 Å². The molecule has 83 heavy (non-hydrogen) atoms. The van der Waals surface area contributed by atoms with Gasteiger partial charge in [-0.05, 0) is 83.5 Å². The second-order valence-corrected chi connectivity index (χ2v) is 26.0. The Morgan fingerprint density at radius 1 is 0.337 bits per heavy atom. The third-order valence-electron chi connectivity index (χ3n) is 17.7. The summed E-state index contributed by atoms with van der Waals surface area (Å²) in [6.07, 6.45) is 93.5. The van der Waals surface area contributed by atoms with Crippen molar-refractivity contribution in [2.24, 2.45) is 0 Å². The zero-order valence-electron chi connectivity index (χ0n) is 56.2. The Morgan fingerprint density at radius 2 is 0.602 bits per heavy atom. The minimum Gasteiger partial charge on any atom is -0.466 e. The zero-order chi connectivity index (χ0) is 59.9. The van der Waals surface area contributed by atoms with Gasteiger partial charge in [-0.25, -0.2) is 0 Å². The average Bonchev–Trinajstić information content (AvgIpc) is 3.48. The molecule has 6 heteroatoms. The fourth-order valence-electron chi connectivity index (χ4n) is 11.9. The van der Waals surface area contributed by atoms with Crippen LogP contribution in [0.25, 0.3) is 0 Å². The Bertz CT molecular complexity index is 1340. The van der Waals surface area contributed by atoms with Crippen molar-refractivity contribution in [3.8, 4) is 0 Å². The molecule has 0 aromatic carbocycles. The van der Waals surface area contributed by atoms with Gasteiger partial charge >= 0.3 is 5.97 Å². The van der Waals surface area contributed by atoms with Gasteiger partial charge in [-0.3, -0.25) is 9.59 Å². The first-order valence-corrected chi connectivity index (χ1v) is 37.7. The van der Waals surface area contributed by atoms with Crippen LogP contribution in [0.1, 0.15) is 418 Å². The van der Waals surface area contributed by atoms with Gasteiger partial charge < -0.3 is 20.3 Å². The number of allylic oxidation sites excluding steroid dienone is 6. The van der Waals surface area contributed by atoms with Crippen molar-refractivity contribution >= 4 is 11.9 Å². The van der Waals surface area contributed by atoms with E-state index in [0.29, 0.717) is 25.9 Å². The average molecular weight is 1170 g/mol. The summed E-state index contributed by atoms with van der Waals surface area (Å²) in [6, 6.07) is -0.545. The van der Waals surface area contributed by atoms with E-state index in [1.165, 1.54) is 334 Å². The summed E-state index contributed by atoms with van der Waals surface area (Å²) in [7, 11) is 0. The molecule has 1 amide bonds. The Hall–Kier alpha value is -1.92. The van der Waals surface area contributed by atoms with Gasteiger partial charge in [0, 0.05) is 12.8 Å². The Balaban J connectivity index is 3.39. The fourth-order valence-corrected chi connectivity index (χ4v) is 11.9. The number of carbonyl (C=O) groups is 2. The number of carbonyl (C=O) groups excluding carboxylic acids is 2. The lowest BCUT2D eigenvalue weighted by molar-refractivity contribution is -0.143. The minimum absolute atomic E-state index is 0.0105. The van der Waals surface area contributed by atoms with Crippen LogP contribution >= 0.6 is 0 Å². The summed E-state index contributed by atoms with van der Waals surface area (Å²) in [4.78, 5) is 24.7. The number of esters is 1. The van der Waals surface area contributed by atoms with Crippen LogP contribution in [0.4, 0.5) is 0 Å². The summed E-state index contributed by atoms with van der Waals surface area (Å²) in [5.74, 6) is -0.0230. The predicted molar refractivity (Wildman–Crippen MR) is 366 cm³/mol. The molecule has 0 radical (unpaired) electrons. The van der Waals surface area contributed by atoms with Gasteiger partial charge in [0.15, 0.2) is 0 Å². The third-order valence-corrected chi connectivity index (χ3v) is 17.7. The summed E-state index contributed by atoms with van der Waals surface area (Å²) < 4.78 is 5.51. The monoisotopic (exact) mass is 1170 g/mol. The molecule has 6 nitrogen and oxygen atoms in total. The Morgan fingerprint density at radius 3 is 0.952 bits per heavy atom. The van der Waals surface area contributed by atoms with Crippen LogP contribution in [0.5, 0.6) is 0 Å². The SMILES string of the molecule is CCCCC/C=C\C/C=C\CCCCCCCCCCCC(=O)OCCCCCCCCCCCCCC/C=C\CCCCCCCCCCCC(=O)NC(CO)C(O)CCCCCCCCCCCCCCCCCCCCCCCC. The Labute approximate surface area is 519 Å².